The standard InChI is InChI=1S/C20H21F3N2O3/c1-27-18-8-3-2-7-17(18)24-9-11-25(12-10-24)19(26)14-28-16-6-4-5-15(13-16)20(21,22)23/h2-8,13H,9-12,14H2,1H3. The van der Waals surface area contributed by atoms with Crippen LogP contribution in [-0.2, 0) is 11.0 Å². The fourth-order valence-electron chi connectivity index (χ4n) is 3.09. The summed E-state index contributed by atoms with van der Waals surface area (Å²) < 4.78 is 48.9. The van der Waals surface area contributed by atoms with Crippen molar-refractivity contribution >= 4 is 11.6 Å². The first kappa shape index (κ1) is 19.9. The largest absolute Gasteiger partial charge is 0.495 e. The number of anilines is 1. The zero-order chi connectivity index (χ0) is 20.1. The molecule has 0 bridgehead atoms. The van der Waals surface area contributed by atoms with Crippen molar-refractivity contribution in [2.75, 3.05) is 44.8 Å². The number of para-hydroxylation sites is 2. The summed E-state index contributed by atoms with van der Waals surface area (Å²) in [6, 6.07) is 12.2. The van der Waals surface area contributed by atoms with Crippen LogP contribution in [0.2, 0.25) is 0 Å². The number of hydrogen-bond donors (Lipinski definition) is 0. The molecule has 5 nitrogen and oxygen atoms in total. The molecule has 150 valence electrons. The zero-order valence-electron chi connectivity index (χ0n) is 15.4. The van der Waals surface area contributed by atoms with E-state index in [1.165, 1.54) is 12.1 Å². The maximum absolute atomic E-state index is 12.7. The summed E-state index contributed by atoms with van der Waals surface area (Å²) in [5, 5.41) is 0. The number of piperazine rings is 1. The van der Waals surface area contributed by atoms with Crippen LogP contribution < -0.4 is 14.4 Å². The molecule has 0 N–H and O–H groups in total. The quantitative estimate of drug-likeness (QED) is 0.779. The minimum atomic E-state index is -4.45. The van der Waals surface area contributed by atoms with Crippen molar-refractivity contribution in [3.8, 4) is 11.5 Å². The molecule has 2 aromatic rings. The van der Waals surface area contributed by atoms with E-state index >= 15 is 0 Å². The van der Waals surface area contributed by atoms with Gasteiger partial charge in [-0.25, -0.2) is 0 Å². The smallest absolute Gasteiger partial charge is 0.416 e. The molecule has 1 saturated heterocycles. The van der Waals surface area contributed by atoms with E-state index in [-0.39, 0.29) is 18.3 Å². The minimum Gasteiger partial charge on any atom is -0.495 e. The molecule has 0 saturated carbocycles. The van der Waals surface area contributed by atoms with Gasteiger partial charge in [-0.1, -0.05) is 18.2 Å². The molecule has 3 rings (SSSR count). The molecule has 0 atom stereocenters. The van der Waals surface area contributed by atoms with Crippen LogP contribution in [0.15, 0.2) is 48.5 Å². The molecule has 0 spiro atoms. The number of rotatable bonds is 5. The summed E-state index contributed by atoms with van der Waals surface area (Å²) in [6.07, 6.45) is -4.45. The van der Waals surface area contributed by atoms with Crippen LogP contribution in [0.5, 0.6) is 11.5 Å². The van der Waals surface area contributed by atoms with Crippen molar-refractivity contribution in [1.29, 1.82) is 0 Å². The van der Waals surface area contributed by atoms with E-state index in [9.17, 15) is 18.0 Å². The van der Waals surface area contributed by atoms with Crippen molar-refractivity contribution in [1.82, 2.24) is 4.90 Å². The van der Waals surface area contributed by atoms with E-state index in [1.807, 2.05) is 24.3 Å². The third kappa shape index (κ3) is 4.68. The molecule has 0 unspecified atom stereocenters. The van der Waals surface area contributed by atoms with Crippen molar-refractivity contribution in [3.63, 3.8) is 0 Å². The number of benzene rings is 2. The molecule has 0 aliphatic carbocycles. The molecule has 1 heterocycles. The second-order valence-corrected chi connectivity index (χ2v) is 6.35. The first-order chi connectivity index (χ1) is 13.4. The van der Waals surface area contributed by atoms with Gasteiger partial charge in [-0.2, -0.15) is 13.2 Å². The second-order valence-electron chi connectivity index (χ2n) is 6.35. The van der Waals surface area contributed by atoms with Gasteiger partial charge < -0.3 is 19.3 Å². The Morgan fingerprint density at radius 3 is 2.43 bits per heavy atom. The number of amides is 1. The summed E-state index contributed by atoms with van der Waals surface area (Å²) in [4.78, 5) is 16.1. The molecular formula is C20H21F3N2O3. The monoisotopic (exact) mass is 394 g/mol. The fourth-order valence-corrected chi connectivity index (χ4v) is 3.09. The molecule has 2 aromatic carbocycles. The van der Waals surface area contributed by atoms with Gasteiger partial charge in [-0.15, -0.1) is 0 Å². The lowest BCUT2D eigenvalue weighted by molar-refractivity contribution is -0.137. The summed E-state index contributed by atoms with van der Waals surface area (Å²) in [6.45, 7) is 1.98. The Bertz CT molecular complexity index is 818. The third-order valence-electron chi connectivity index (χ3n) is 4.58. The van der Waals surface area contributed by atoms with E-state index < -0.39 is 11.7 Å². The summed E-state index contributed by atoms with van der Waals surface area (Å²) in [5.74, 6) is 0.545. The average Bonchev–Trinajstić information content (AvgIpc) is 2.71. The van der Waals surface area contributed by atoms with Crippen molar-refractivity contribution in [2.45, 2.75) is 6.18 Å². The maximum Gasteiger partial charge on any atom is 0.416 e. The Hall–Kier alpha value is -2.90. The number of alkyl halides is 3. The molecule has 1 fully saturated rings. The van der Waals surface area contributed by atoms with E-state index in [2.05, 4.69) is 4.90 Å². The van der Waals surface area contributed by atoms with Gasteiger partial charge in [0, 0.05) is 26.2 Å². The van der Waals surface area contributed by atoms with Crippen molar-refractivity contribution in [2.24, 2.45) is 0 Å². The number of carbonyl (C=O) groups is 1. The van der Waals surface area contributed by atoms with Gasteiger partial charge in [0.1, 0.15) is 11.5 Å². The highest BCUT2D eigenvalue weighted by molar-refractivity contribution is 5.78. The van der Waals surface area contributed by atoms with Crippen LogP contribution in [0.4, 0.5) is 18.9 Å². The van der Waals surface area contributed by atoms with Gasteiger partial charge in [0.15, 0.2) is 6.61 Å². The van der Waals surface area contributed by atoms with Crippen LogP contribution in [-0.4, -0.2) is 50.7 Å². The van der Waals surface area contributed by atoms with Gasteiger partial charge in [-0.05, 0) is 30.3 Å². The van der Waals surface area contributed by atoms with Gasteiger partial charge in [-0.3, -0.25) is 4.79 Å². The van der Waals surface area contributed by atoms with Gasteiger partial charge in [0.05, 0.1) is 18.4 Å². The van der Waals surface area contributed by atoms with E-state index in [4.69, 9.17) is 9.47 Å². The Morgan fingerprint density at radius 2 is 1.75 bits per heavy atom. The summed E-state index contributed by atoms with van der Waals surface area (Å²) >= 11 is 0. The van der Waals surface area contributed by atoms with Crippen LogP contribution >= 0.6 is 0 Å². The molecule has 0 radical (unpaired) electrons. The minimum absolute atomic E-state index is 0.0239. The number of carbonyl (C=O) groups excluding carboxylic acids is 1. The molecule has 1 aliphatic rings. The molecule has 1 amide bonds. The second kappa shape index (κ2) is 8.41. The average molecular weight is 394 g/mol. The van der Waals surface area contributed by atoms with Gasteiger partial charge in [0.25, 0.3) is 5.91 Å². The SMILES string of the molecule is COc1ccccc1N1CCN(C(=O)COc2cccc(C(F)(F)F)c2)CC1. The highest BCUT2D eigenvalue weighted by Gasteiger charge is 2.30. The molecule has 28 heavy (non-hydrogen) atoms. The van der Waals surface area contributed by atoms with Crippen LogP contribution in [0, 0.1) is 0 Å². The Morgan fingerprint density at radius 1 is 1.04 bits per heavy atom. The number of nitrogens with zero attached hydrogens (tertiary/aromatic N) is 2. The molecule has 8 heteroatoms. The lowest BCUT2D eigenvalue weighted by Crippen LogP contribution is -2.50. The highest BCUT2D eigenvalue weighted by atomic mass is 19.4. The highest BCUT2D eigenvalue weighted by Crippen LogP contribution is 2.31. The number of methoxy groups -OCH3 is 1. The lowest BCUT2D eigenvalue weighted by atomic mass is 10.2. The lowest BCUT2D eigenvalue weighted by Gasteiger charge is -2.36. The van der Waals surface area contributed by atoms with Gasteiger partial charge >= 0.3 is 6.18 Å². The Labute approximate surface area is 161 Å². The summed E-state index contributed by atoms with van der Waals surface area (Å²) in [7, 11) is 1.61. The first-order valence-corrected chi connectivity index (χ1v) is 8.84. The molecule has 1 aliphatic heterocycles. The molecular weight excluding hydrogens is 373 g/mol. The zero-order valence-corrected chi connectivity index (χ0v) is 15.4. The first-order valence-electron chi connectivity index (χ1n) is 8.84. The number of halogens is 3. The van der Waals surface area contributed by atoms with Crippen LogP contribution in [0.3, 0.4) is 0 Å². The normalized spacial score (nSPS) is 14.7. The van der Waals surface area contributed by atoms with Crippen molar-refractivity contribution in [3.05, 3.63) is 54.1 Å². The van der Waals surface area contributed by atoms with E-state index in [1.54, 1.807) is 12.0 Å². The Kier molecular flexibility index (Phi) is 5.96. The number of hydrogen-bond acceptors (Lipinski definition) is 4. The van der Waals surface area contributed by atoms with Crippen LogP contribution in [0.25, 0.3) is 0 Å². The maximum atomic E-state index is 12.7. The predicted molar refractivity (Wildman–Crippen MR) is 98.7 cm³/mol. The van der Waals surface area contributed by atoms with E-state index in [0.29, 0.717) is 26.2 Å². The van der Waals surface area contributed by atoms with E-state index in [0.717, 1.165) is 23.6 Å². The third-order valence-corrected chi connectivity index (χ3v) is 4.58. The fraction of sp³-hybridized carbons (Fsp3) is 0.350. The van der Waals surface area contributed by atoms with Gasteiger partial charge in [0.2, 0.25) is 0 Å². The summed E-state index contributed by atoms with van der Waals surface area (Å²) in [5.41, 5.74) is 0.167. The van der Waals surface area contributed by atoms with Crippen molar-refractivity contribution < 1.29 is 27.4 Å². The Balaban J connectivity index is 1.53. The molecule has 0 aromatic heterocycles. The topological polar surface area (TPSA) is 42.0 Å². The predicted octanol–water partition coefficient (Wildman–Crippen LogP) is 3.44. The number of ether oxygens (including phenoxy) is 2. The van der Waals surface area contributed by atoms with Crippen LogP contribution in [0.1, 0.15) is 5.56 Å².